The average Bonchev–Trinajstić information content (AvgIpc) is 3.71. The van der Waals surface area contributed by atoms with Crippen LogP contribution in [0.3, 0.4) is 0 Å². The molecular weight excluding hydrogens is 622 g/mol. The van der Waals surface area contributed by atoms with E-state index in [9.17, 15) is 0 Å². The molecule has 3 aromatic heterocycles. The molecule has 0 spiro atoms. The maximum absolute atomic E-state index is 6.52. The second-order valence-corrected chi connectivity index (χ2v) is 12.8. The van der Waals surface area contributed by atoms with Crippen LogP contribution in [0.25, 0.3) is 94.1 Å². The van der Waals surface area contributed by atoms with Gasteiger partial charge in [-0.15, -0.1) is 0 Å². The van der Waals surface area contributed by atoms with Gasteiger partial charge in [0.2, 0.25) is 0 Å². The van der Waals surface area contributed by atoms with Crippen molar-refractivity contribution in [1.29, 1.82) is 0 Å². The van der Waals surface area contributed by atoms with Gasteiger partial charge >= 0.3 is 0 Å². The van der Waals surface area contributed by atoms with Gasteiger partial charge in [0.25, 0.3) is 0 Å². The third kappa shape index (κ3) is 4.46. The fraction of sp³-hybridized carbons (Fsp3) is 0. The highest BCUT2D eigenvalue weighted by Gasteiger charge is 2.16. The summed E-state index contributed by atoms with van der Waals surface area (Å²) in [5, 5.41) is 6.27. The van der Waals surface area contributed by atoms with Gasteiger partial charge in [-0.05, 0) is 54.1 Å². The molecule has 0 fully saturated rings. The third-order valence-electron chi connectivity index (χ3n) is 9.50. The van der Waals surface area contributed by atoms with E-state index in [1.807, 2.05) is 36.4 Å². The maximum Gasteiger partial charge on any atom is 0.160 e. The molecule has 0 unspecified atom stereocenters. The molecule has 0 aliphatic rings. The second-order valence-electron chi connectivity index (χ2n) is 12.3. The summed E-state index contributed by atoms with van der Waals surface area (Å²) in [5.74, 6) is 0.657. The Hall–Kier alpha value is -6.23. The molecule has 0 amide bonds. The molecule has 10 aromatic rings. The summed E-state index contributed by atoms with van der Waals surface area (Å²) < 4.78 is 8.63. The van der Waals surface area contributed by atoms with Crippen molar-refractivity contribution in [3.63, 3.8) is 0 Å². The normalized spacial score (nSPS) is 11.8. The van der Waals surface area contributed by atoms with E-state index in [1.165, 1.54) is 21.8 Å². The lowest BCUT2D eigenvalue weighted by Gasteiger charge is -2.12. The van der Waals surface area contributed by atoms with Gasteiger partial charge in [-0.2, -0.15) is 0 Å². The summed E-state index contributed by atoms with van der Waals surface area (Å²) in [5.41, 5.74) is 11.0. The number of hydrogen-bond donors (Lipinski definition) is 0. The lowest BCUT2D eigenvalue weighted by Crippen LogP contribution is -1.97. The van der Waals surface area contributed by atoms with Crippen molar-refractivity contribution in [3.8, 4) is 39.5 Å². The molecule has 0 N–H and O–H groups in total. The van der Waals surface area contributed by atoms with Gasteiger partial charge < -0.3 is 8.98 Å². The zero-order valence-electron chi connectivity index (χ0n) is 26.1. The molecule has 4 nitrogen and oxygen atoms in total. The molecule has 10 rings (SSSR count). The van der Waals surface area contributed by atoms with E-state index in [2.05, 4.69) is 126 Å². The summed E-state index contributed by atoms with van der Waals surface area (Å²) in [7, 11) is 0. The molecule has 3 heterocycles. The van der Waals surface area contributed by atoms with Gasteiger partial charge in [-0.25, -0.2) is 9.97 Å². The highest BCUT2D eigenvalue weighted by molar-refractivity contribution is 6.31. The molecule has 5 heteroatoms. The van der Waals surface area contributed by atoms with Crippen LogP contribution in [0.2, 0.25) is 5.02 Å². The molecule has 0 atom stereocenters. The van der Waals surface area contributed by atoms with Gasteiger partial charge in [0.1, 0.15) is 11.2 Å². The summed E-state index contributed by atoms with van der Waals surface area (Å²) in [6.07, 6.45) is 0. The smallest absolute Gasteiger partial charge is 0.160 e. The quantitative estimate of drug-likeness (QED) is 0.191. The minimum absolute atomic E-state index is 0.649. The van der Waals surface area contributed by atoms with Crippen LogP contribution in [-0.4, -0.2) is 14.5 Å². The Morgan fingerprint density at radius 1 is 0.490 bits per heavy atom. The standard InChI is InChI=1S/C44H26ClN3O/c45-30-22-25-38-37(26-30)42(28-20-23-31(24-21-28)48-39-13-4-1-8-33(39)34-9-2-5-14-40(34)48)47-44(46-38)29-18-16-27(17-19-29)32-11-7-12-36-35-10-3-6-15-41(35)49-43(32)36/h1-26H. The first-order chi connectivity index (χ1) is 24.2. The predicted molar refractivity (Wildman–Crippen MR) is 202 cm³/mol. The maximum atomic E-state index is 6.52. The third-order valence-corrected chi connectivity index (χ3v) is 9.73. The number of aromatic nitrogens is 3. The Morgan fingerprint density at radius 2 is 1.12 bits per heavy atom. The number of rotatable bonds is 4. The van der Waals surface area contributed by atoms with Gasteiger partial charge in [0.05, 0.1) is 22.2 Å². The number of para-hydroxylation sites is 4. The molecule has 0 saturated heterocycles. The minimum atomic E-state index is 0.649. The Morgan fingerprint density at radius 3 is 1.88 bits per heavy atom. The van der Waals surface area contributed by atoms with E-state index in [0.717, 1.165) is 66.5 Å². The van der Waals surface area contributed by atoms with Crippen molar-refractivity contribution < 1.29 is 4.42 Å². The fourth-order valence-electron chi connectivity index (χ4n) is 7.19. The van der Waals surface area contributed by atoms with Crippen molar-refractivity contribution in [1.82, 2.24) is 14.5 Å². The summed E-state index contributed by atoms with van der Waals surface area (Å²) in [6, 6.07) is 54.4. The van der Waals surface area contributed by atoms with Crippen molar-refractivity contribution in [2.75, 3.05) is 0 Å². The van der Waals surface area contributed by atoms with E-state index in [4.69, 9.17) is 26.0 Å². The highest BCUT2D eigenvalue weighted by atomic mass is 35.5. The SMILES string of the molecule is Clc1ccc2nc(-c3ccc(-c4cccc5c4oc4ccccc45)cc3)nc(-c3ccc(-n4c5ccccc5c5ccccc54)cc3)c2c1. The molecular formula is C44H26ClN3O. The first-order valence-corrected chi connectivity index (χ1v) is 16.6. The van der Waals surface area contributed by atoms with Crippen LogP contribution in [0.5, 0.6) is 0 Å². The molecule has 0 aliphatic heterocycles. The van der Waals surface area contributed by atoms with E-state index in [1.54, 1.807) is 0 Å². The molecule has 49 heavy (non-hydrogen) atoms. The van der Waals surface area contributed by atoms with E-state index >= 15 is 0 Å². The van der Waals surface area contributed by atoms with Crippen molar-refractivity contribution in [2.24, 2.45) is 0 Å². The van der Waals surface area contributed by atoms with Crippen LogP contribution in [0.1, 0.15) is 0 Å². The van der Waals surface area contributed by atoms with Gasteiger partial charge in [-0.1, -0.05) is 121 Å². The Bertz CT molecular complexity index is 2830. The fourth-order valence-corrected chi connectivity index (χ4v) is 7.36. The number of fused-ring (bicyclic) bond motifs is 7. The van der Waals surface area contributed by atoms with Crippen LogP contribution in [0.15, 0.2) is 162 Å². The number of furan rings is 1. The van der Waals surface area contributed by atoms with Crippen LogP contribution in [-0.2, 0) is 0 Å². The lowest BCUT2D eigenvalue weighted by atomic mass is 10.0. The number of benzene rings is 7. The summed E-state index contributed by atoms with van der Waals surface area (Å²) in [6.45, 7) is 0. The predicted octanol–water partition coefficient (Wildman–Crippen LogP) is 12.3. The van der Waals surface area contributed by atoms with E-state index < -0.39 is 0 Å². The van der Waals surface area contributed by atoms with Crippen molar-refractivity contribution in [2.45, 2.75) is 0 Å². The first kappa shape index (κ1) is 27.8. The van der Waals surface area contributed by atoms with E-state index in [-0.39, 0.29) is 0 Å². The minimum Gasteiger partial charge on any atom is -0.455 e. The Kier molecular flexibility index (Phi) is 6.20. The number of nitrogens with zero attached hydrogens (tertiary/aromatic N) is 3. The Labute approximate surface area is 286 Å². The molecule has 0 saturated carbocycles. The Balaban J connectivity index is 1.07. The zero-order valence-corrected chi connectivity index (χ0v) is 26.9. The molecule has 0 bridgehead atoms. The number of hydrogen-bond acceptors (Lipinski definition) is 3. The number of halogens is 1. The topological polar surface area (TPSA) is 43.9 Å². The van der Waals surface area contributed by atoms with Gasteiger partial charge in [0, 0.05) is 54.3 Å². The molecule has 7 aromatic carbocycles. The van der Waals surface area contributed by atoms with Crippen molar-refractivity contribution >= 4 is 66.2 Å². The second kappa shape index (κ2) is 10.9. The van der Waals surface area contributed by atoms with Crippen LogP contribution >= 0.6 is 11.6 Å². The average molecular weight is 648 g/mol. The van der Waals surface area contributed by atoms with Crippen LogP contribution < -0.4 is 0 Å². The largest absolute Gasteiger partial charge is 0.455 e. The van der Waals surface area contributed by atoms with Gasteiger partial charge in [0.15, 0.2) is 5.82 Å². The first-order valence-electron chi connectivity index (χ1n) is 16.3. The highest BCUT2D eigenvalue weighted by Crippen LogP contribution is 2.38. The molecule has 0 aliphatic carbocycles. The monoisotopic (exact) mass is 647 g/mol. The summed E-state index contributed by atoms with van der Waals surface area (Å²) in [4.78, 5) is 10.1. The van der Waals surface area contributed by atoms with Crippen LogP contribution in [0.4, 0.5) is 0 Å². The van der Waals surface area contributed by atoms with E-state index in [0.29, 0.717) is 10.8 Å². The van der Waals surface area contributed by atoms with Crippen LogP contribution in [0, 0.1) is 0 Å². The van der Waals surface area contributed by atoms with Crippen molar-refractivity contribution in [3.05, 3.63) is 163 Å². The van der Waals surface area contributed by atoms with Gasteiger partial charge in [-0.3, -0.25) is 0 Å². The summed E-state index contributed by atoms with van der Waals surface area (Å²) >= 11 is 6.52. The molecule has 0 radical (unpaired) electrons. The zero-order chi connectivity index (χ0) is 32.5. The molecule has 230 valence electrons. The lowest BCUT2D eigenvalue weighted by molar-refractivity contribution is 0.670.